The van der Waals surface area contributed by atoms with Gasteiger partial charge in [-0.1, -0.05) is 33.8 Å². The van der Waals surface area contributed by atoms with Crippen molar-refractivity contribution >= 4 is 39.3 Å². The third-order valence-electron chi connectivity index (χ3n) is 2.32. The number of halogens is 1. The summed E-state index contributed by atoms with van der Waals surface area (Å²) < 4.78 is 0.997. The van der Waals surface area contributed by atoms with Crippen molar-refractivity contribution in [2.24, 2.45) is 5.73 Å². The maximum absolute atomic E-state index is 11.1. The molecule has 0 heterocycles. The predicted octanol–water partition coefficient (Wildman–Crippen LogP) is 3.28. The third-order valence-corrected chi connectivity index (χ3v) is 3.88. The highest BCUT2D eigenvalue weighted by Gasteiger charge is 2.07. The molecule has 0 bridgehead atoms. The van der Waals surface area contributed by atoms with E-state index in [1.807, 2.05) is 24.3 Å². The van der Waals surface area contributed by atoms with Crippen molar-refractivity contribution in [2.45, 2.75) is 9.79 Å². The van der Waals surface area contributed by atoms with Crippen molar-refractivity contribution in [2.75, 3.05) is 5.73 Å². The molecule has 5 heteroatoms. The molecule has 2 aromatic rings. The second-order valence-corrected chi connectivity index (χ2v) is 5.71. The van der Waals surface area contributed by atoms with Crippen LogP contribution in [-0.4, -0.2) is 5.91 Å². The summed E-state index contributed by atoms with van der Waals surface area (Å²) >= 11 is 4.91. The molecule has 3 nitrogen and oxygen atoms in total. The molecule has 92 valence electrons. The number of benzene rings is 2. The van der Waals surface area contributed by atoms with Gasteiger partial charge < -0.3 is 11.5 Å². The van der Waals surface area contributed by atoms with Crippen LogP contribution in [0.5, 0.6) is 0 Å². The topological polar surface area (TPSA) is 69.1 Å². The van der Waals surface area contributed by atoms with Gasteiger partial charge in [-0.3, -0.25) is 4.79 Å². The number of rotatable bonds is 3. The molecule has 0 radical (unpaired) electrons. The van der Waals surface area contributed by atoms with E-state index in [1.54, 1.807) is 18.2 Å². The molecule has 0 fully saturated rings. The van der Waals surface area contributed by atoms with Crippen LogP contribution in [0.1, 0.15) is 10.4 Å². The number of hydrogen-bond acceptors (Lipinski definition) is 3. The molecule has 2 aromatic carbocycles. The molecule has 0 saturated carbocycles. The number of amides is 1. The number of carbonyl (C=O) groups excluding carboxylic acids is 1. The Kier molecular flexibility index (Phi) is 3.93. The molecule has 4 N–H and O–H groups in total. The average molecular weight is 323 g/mol. The summed E-state index contributed by atoms with van der Waals surface area (Å²) in [5.74, 6) is -0.453. The second-order valence-electron chi connectivity index (χ2n) is 3.68. The van der Waals surface area contributed by atoms with Gasteiger partial charge in [-0.05, 0) is 36.4 Å². The lowest BCUT2D eigenvalue weighted by Crippen LogP contribution is -2.11. The minimum absolute atomic E-state index is 0.453. The fourth-order valence-corrected chi connectivity index (χ4v) is 2.94. The number of anilines is 1. The molecular formula is C13H11BrN2OS. The Bertz CT molecular complexity index is 601. The zero-order chi connectivity index (χ0) is 13.1. The molecular weight excluding hydrogens is 312 g/mol. The first-order valence-electron chi connectivity index (χ1n) is 5.19. The van der Waals surface area contributed by atoms with Crippen LogP contribution in [0, 0.1) is 0 Å². The molecule has 0 aliphatic heterocycles. The van der Waals surface area contributed by atoms with Gasteiger partial charge in [0.2, 0.25) is 5.91 Å². The lowest BCUT2D eigenvalue weighted by atomic mass is 10.2. The van der Waals surface area contributed by atoms with Gasteiger partial charge in [0.05, 0.1) is 0 Å². The van der Waals surface area contributed by atoms with E-state index in [0.29, 0.717) is 11.3 Å². The lowest BCUT2D eigenvalue weighted by Gasteiger charge is -2.07. The first-order chi connectivity index (χ1) is 8.56. The first kappa shape index (κ1) is 13.0. The van der Waals surface area contributed by atoms with E-state index in [-0.39, 0.29) is 0 Å². The van der Waals surface area contributed by atoms with Crippen LogP contribution in [-0.2, 0) is 0 Å². The van der Waals surface area contributed by atoms with E-state index < -0.39 is 5.91 Å². The molecule has 0 aliphatic carbocycles. The molecule has 0 unspecified atom stereocenters. The van der Waals surface area contributed by atoms with Crippen LogP contribution in [0.2, 0.25) is 0 Å². The molecule has 1 amide bonds. The quantitative estimate of drug-likeness (QED) is 0.852. The Morgan fingerprint density at radius 2 is 1.94 bits per heavy atom. The van der Waals surface area contributed by atoms with Crippen molar-refractivity contribution in [1.29, 1.82) is 0 Å². The van der Waals surface area contributed by atoms with Gasteiger partial charge in [0.15, 0.2) is 0 Å². The predicted molar refractivity (Wildman–Crippen MR) is 77.6 cm³/mol. The van der Waals surface area contributed by atoms with E-state index in [4.69, 9.17) is 11.5 Å². The smallest absolute Gasteiger partial charge is 0.248 e. The molecule has 0 saturated heterocycles. The second kappa shape index (κ2) is 5.46. The Morgan fingerprint density at radius 3 is 2.61 bits per heavy atom. The van der Waals surface area contributed by atoms with E-state index in [9.17, 15) is 4.79 Å². The van der Waals surface area contributed by atoms with Gasteiger partial charge in [-0.15, -0.1) is 0 Å². The SMILES string of the molecule is NC(=O)c1ccc(N)c(Sc2cccc(Br)c2)c1. The monoisotopic (exact) mass is 322 g/mol. The van der Waals surface area contributed by atoms with E-state index >= 15 is 0 Å². The first-order valence-corrected chi connectivity index (χ1v) is 6.80. The van der Waals surface area contributed by atoms with E-state index in [0.717, 1.165) is 14.3 Å². The van der Waals surface area contributed by atoms with Crippen molar-refractivity contribution < 1.29 is 4.79 Å². The minimum atomic E-state index is -0.453. The average Bonchev–Trinajstić information content (AvgIpc) is 2.31. The molecule has 0 atom stereocenters. The highest BCUT2D eigenvalue weighted by Crippen LogP contribution is 2.33. The molecule has 0 aromatic heterocycles. The maximum atomic E-state index is 11.1. The summed E-state index contributed by atoms with van der Waals surface area (Å²) in [4.78, 5) is 13.0. The van der Waals surface area contributed by atoms with Gasteiger partial charge in [0.1, 0.15) is 0 Å². The maximum Gasteiger partial charge on any atom is 0.248 e. The molecule has 0 aliphatic rings. The van der Waals surface area contributed by atoms with Gasteiger partial charge >= 0.3 is 0 Å². The third kappa shape index (κ3) is 3.05. The highest BCUT2D eigenvalue weighted by atomic mass is 79.9. The Labute approximate surface area is 118 Å². The summed E-state index contributed by atoms with van der Waals surface area (Å²) in [5.41, 5.74) is 12.2. The molecule has 0 spiro atoms. The van der Waals surface area contributed by atoms with Crippen molar-refractivity contribution in [3.8, 4) is 0 Å². The Morgan fingerprint density at radius 1 is 1.17 bits per heavy atom. The number of carbonyl (C=O) groups is 1. The van der Waals surface area contributed by atoms with Gasteiger partial charge in [0.25, 0.3) is 0 Å². The van der Waals surface area contributed by atoms with Crippen molar-refractivity contribution in [3.05, 3.63) is 52.5 Å². The zero-order valence-electron chi connectivity index (χ0n) is 9.39. The number of nitrogens with two attached hydrogens (primary N) is 2. The summed E-state index contributed by atoms with van der Waals surface area (Å²) in [6.45, 7) is 0. The zero-order valence-corrected chi connectivity index (χ0v) is 11.8. The van der Waals surface area contributed by atoms with Crippen molar-refractivity contribution in [1.82, 2.24) is 0 Å². The number of nitrogen functional groups attached to an aromatic ring is 1. The minimum Gasteiger partial charge on any atom is -0.398 e. The van der Waals surface area contributed by atoms with Gasteiger partial charge in [-0.25, -0.2) is 0 Å². The molecule has 18 heavy (non-hydrogen) atoms. The Hall–Kier alpha value is -1.46. The van der Waals surface area contributed by atoms with Gasteiger partial charge in [-0.2, -0.15) is 0 Å². The summed E-state index contributed by atoms with van der Waals surface area (Å²) in [6.07, 6.45) is 0. The number of primary amides is 1. The van der Waals surface area contributed by atoms with Crippen LogP contribution in [0.3, 0.4) is 0 Å². The van der Waals surface area contributed by atoms with Crippen LogP contribution >= 0.6 is 27.7 Å². The summed E-state index contributed by atoms with van der Waals surface area (Å²) in [5, 5.41) is 0. The summed E-state index contributed by atoms with van der Waals surface area (Å²) in [7, 11) is 0. The lowest BCUT2D eigenvalue weighted by molar-refractivity contribution is 0.1000. The van der Waals surface area contributed by atoms with Crippen molar-refractivity contribution in [3.63, 3.8) is 0 Å². The summed E-state index contributed by atoms with van der Waals surface area (Å²) in [6, 6.07) is 12.9. The molecule has 2 rings (SSSR count). The highest BCUT2D eigenvalue weighted by molar-refractivity contribution is 9.10. The van der Waals surface area contributed by atoms with Crippen LogP contribution in [0.4, 0.5) is 5.69 Å². The number of hydrogen-bond donors (Lipinski definition) is 2. The fraction of sp³-hybridized carbons (Fsp3) is 0. The Balaban J connectivity index is 2.33. The van der Waals surface area contributed by atoms with Crippen LogP contribution < -0.4 is 11.5 Å². The van der Waals surface area contributed by atoms with Crippen LogP contribution in [0.25, 0.3) is 0 Å². The normalized spacial score (nSPS) is 10.3. The van der Waals surface area contributed by atoms with E-state index in [1.165, 1.54) is 11.8 Å². The van der Waals surface area contributed by atoms with Gasteiger partial charge in [0, 0.05) is 25.5 Å². The van der Waals surface area contributed by atoms with E-state index in [2.05, 4.69) is 15.9 Å². The fourth-order valence-electron chi connectivity index (χ4n) is 1.43. The van der Waals surface area contributed by atoms with Crippen LogP contribution in [0.15, 0.2) is 56.7 Å². The standard InChI is InChI=1S/C13H11BrN2OS/c14-9-2-1-3-10(7-9)18-12-6-8(13(16)17)4-5-11(12)15/h1-7H,15H2,(H2,16,17). The largest absolute Gasteiger partial charge is 0.398 e.